The van der Waals surface area contributed by atoms with E-state index in [1.165, 1.54) is 0 Å². The van der Waals surface area contributed by atoms with Crippen LogP contribution in [0.4, 0.5) is 5.69 Å². The van der Waals surface area contributed by atoms with E-state index in [0.29, 0.717) is 19.0 Å². The molecular formula is C20H25N7O2. The number of allylic oxidation sites excluding steroid dienone is 3. The lowest BCUT2D eigenvalue weighted by atomic mass is 10.2. The summed E-state index contributed by atoms with van der Waals surface area (Å²) in [5.74, 6) is 0.113. The number of tetrazole rings is 1. The molecule has 0 amide bonds. The number of nitrogens with zero attached hydrogens (tertiary/aromatic N) is 5. The predicted octanol–water partition coefficient (Wildman–Crippen LogP) is 2.99. The van der Waals surface area contributed by atoms with E-state index in [9.17, 15) is 0 Å². The third kappa shape index (κ3) is 4.52. The predicted molar refractivity (Wildman–Crippen MR) is 109 cm³/mol. The summed E-state index contributed by atoms with van der Waals surface area (Å²) < 4.78 is 13.3. The van der Waals surface area contributed by atoms with Crippen LogP contribution in [-0.2, 0) is 16.0 Å². The van der Waals surface area contributed by atoms with Gasteiger partial charge in [-0.05, 0) is 49.4 Å². The fourth-order valence-electron chi connectivity index (χ4n) is 3.30. The second-order valence-corrected chi connectivity index (χ2v) is 7.34. The minimum atomic E-state index is -0.582. The van der Waals surface area contributed by atoms with Gasteiger partial charge in [-0.15, -0.1) is 5.10 Å². The monoisotopic (exact) mass is 395 g/mol. The van der Waals surface area contributed by atoms with Crippen LogP contribution in [-0.4, -0.2) is 48.7 Å². The number of rotatable bonds is 7. The minimum Gasteiger partial charge on any atom is -0.372 e. The van der Waals surface area contributed by atoms with Gasteiger partial charge in [0.15, 0.2) is 11.6 Å². The average Bonchev–Trinajstić information content (AvgIpc) is 3.41. The smallest absolute Gasteiger partial charge is 0.177 e. The van der Waals surface area contributed by atoms with E-state index < -0.39 is 5.79 Å². The average molecular weight is 395 g/mol. The zero-order chi connectivity index (χ0) is 20.3. The molecule has 29 heavy (non-hydrogen) atoms. The first-order valence-corrected chi connectivity index (χ1v) is 9.61. The number of nitrogens with one attached hydrogen (secondary N) is 2. The molecule has 2 N–H and O–H groups in total. The fourth-order valence-corrected chi connectivity index (χ4v) is 3.30. The highest BCUT2D eigenvalue weighted by atomic mass is 16.7. The highest BCUT2D eigenvalue weighted by Gasteiger charge is 2.33. The van der Waals surface area contributed by atoms with Crippen LogP contribution in [0.2, 0.25) is 0 Å². The van der Waals surface area contributed by atoms with Gasteiger partial charge in [0, 0.05) is 5.69 Å². The molecule has 9 nitrogen and oxygen atoms in total. The lowest BCUT2D eigenvalue weighted by molar-refractivity contribution is -0.140. The lowest BCUT2D eigenvalue weighted by Crippen LogP contribution is -2.26. The molecule has 4 rings (SSSR count). The van der Waals surface area contributed by atoms with Crippen LogP contribution >= 0.6 is 0 Å². The zero-order valence-corrected chi connectivity index (χ0v) is 16.7. The maximum absolute atomic E-state index is 5.91. The van der Waals surface area contributed by atoms with Crippen molar-refractivity contribution in [2.45, 2.75) is 45.2 Å². The maximum atomic E-state index is 5.91. The van der Waals surface area contributed by atoms with Gasteiger partial charge in [0.1, 0.15) is 12.1 Å². The highest BCUT2D eigenvalue weighted by Crippen LogP contribution is 2.25. The number of anilines is 1. The number of hydrogen-bond donors (Lipinski definition) is 2. The van der Waals surface area contributed by atoms with E-state index in [-0.39, 0.29) is 12.1 Å². The van der Waals surface area contributed by atoms with Crippen molar-refractivity contribution in [3.8, 4) is 0 Å². The Morgan fingerprint density at radius 3 is 3.07 bits per heavy atom. The quantitative estimate of drug-likeness (QED) is 0.593. The standard InChI is InChI=1S/C20H25N7O2/c1-4-5-6-7-17(23-14-8-9-16-18(10-14)22-13-21-16)19-24-25-26-27(19)11-15-12-28-20(2,3)29-15/h4-10,13,15,17,23H,11-12H2,1-3H3,(H,21,22). The van der Waals surface area contributed by atoms with Crippen molar-refractivity contribution < 1.29 is 9.47 Å². The molecule has 0 radical (unpaired) electrons. The fraction of sp³-hybridized carbons (Fsp3) is 0.400. The minimum absolute atomic E-state index is 0.104. The van der Waals surface area contributed by atoms with Gasteiger partial charge in [-0.25, -0.2) is 9.67 Å². The SMILES string of the molecule is CC=CC=CC(Nc1ccc2[nH]cnc2c1)c1nnnn1CC1COC(C)(C)O1. The number of aromatic amines is 1. The van der Waals surface area contributed by atoms with Crippen molar-refractivity contribution in [1.29, 1.82) is 0 Å². The van der Waals surface area contributed by atoms with Crippen LogP contribution in [0.15, 0.2) is 48.8 Å². The van der Waals surface area contributed by atoms with Gasteiger partial charge in [0.2, 0.25) is 0 Å². The Bertz CT molecular complexity index is 1020. The summed E-state index contributed by atoms with van der Waals surface area (Å²) in [7, 11) is 0. The van der Waals surface area contributed by atoms with Crippen molar-refractivity contribution in [3.63, 3.8) is 0 Å². The Morgan fingerprint density at radius 1 is 1.38 bits per heavy atom. The lowest BCUT2D eigenvalue weighted by Gasteiger charge is -2.19. The van der Waals surface area contributed by atoms with Crippen LogP contribution in [0, 0.1) is 0 Å². The summed E-state index contributed by atoms with van der Waals surface area (Å²) >= 11 is 0. The molecule has 3 heterocycles. The van der Waals surface area contributed by atoms with Crippen LogP contribution in [0.1, 0.15) is 32.6 Å². The highest BCUT2D eigenvalue weighted by molar-refractivity contribution is 5.78. The van der Waals surface area contributed by atoms with E-state index in [1.54, 1.807) is 11.0 Å². The molecule has 2 unspecified atom stereocenters. The van der Waals surface area contributed by atoms with E-state index in [4.69, 9.17) is 9.47 Å². The molecule has 0 aliphatic carbocycles. The number of fused-ring (bicyclic) bond motifs is 1. The van der Waals surface area contributed by atoms with Gasteiger partial charge in [0.05, 0.1) is 30.5 Å². The number of ether oxygens (including phenoxy) is 2. The Balaban J connectivity index is 1.57. The van der Waals surface area contributed by atoms with Crippen molar-refractivity contribution in [2.24, 2.45) is 0 Å². The second-order valence-electron chi connectivity index (χ2n) is 7.34. The van der Waals surface area contributed by atoms with Crippen molar-refractivity contribution in [1.82, 2.24) is 30.2 Å². The molecule has 1 aliphatic rings. The largest absolute Gasteiger partial charge is 0.372 e. The summed E-state index contributed by atoms with van der Waals surface area (Å²) in [6.45, 7) is 6.81. The molecular weight excluding hydrogens is 370 g/mol. The molecule has 1 saturated heterocycles. The normalized spacial score (nSPS) is 20.2. The molecule has 0 saturated carbocycles. The molecule has 0 spiro atoms. The molecule has 1 aromatic carbocycles. The number of imidazole rings is 1. The third-order valence-corrected chi connectivity index (χ3v) is 4.63. The Kier molecular flexibility index (Phi) is 5.41. The van der Waals surface area contributed by atoms with Crippen molar-refractivity contribution >= 4 is 16.7 Å². The van der Waals surface area contributed by atoms with Gasteiger partial charge < -0.3 is 19.8 Å². The number of hydrogen-bond acceptors (Lipinski definition) is 7. The summed E-state index contributed by atoms with van der Waals surface area (Å²) in [5.41, 5.74) is 2.81. The van der Waals surface area contributed by atoms with Crippen molar-refractivity contribution in [3.05, 3.63) is 54.7 Å². The van der Waals surface area contributed by atoms with Gasteiger partial charge in [-0.1, -0.05) is 24.3 Å². The second kappa shape index (κ2) is 8.14. The molecule has 2 atom stereocenters. The first-order chi connectivity index (χ1) is 14.0. The summed E-state index contributed by atoms with van der Waals surface area (Å²) in [6.07, 6.45) is 9.51. The summed E-state index contributed by atoms with van der Waals surface area (Å²) in [5, 5.41) is 15.8. The molecule has 0 bridgehead atoms. The van der Waals surface area contributed by atoms with E-state index >= 15 is 0 Å². The Labute approximate surface area is 168 Å². The first-order valence-electron chi connectivity index (χ1n) is 9.61. The molecule has 9 heteroatoms. The van der Waals surface area contributed by atoms with Crippen LogP contribution in [0.5, 0.6) is 0 Å². The van der Waals surface area contributed by atoms with Crippen LogP contribution < -0.4 is 5.32 Å². The summed E-state index contributed by atoms with van der Waals surface area (Å²) in [6, 6.07) is 5.76. The topological polar surface area (TPSA) is 103 Å². The number of aromatic nitrogens is 6. The van der Waals surface area contributed by atoms with Crippen molar-refractivity contribution in [2.75, 3.05) is 11.9 Å². The summed E-state index contributed by atoms with van der Waals surface area (Å²) in [4.78, 5) is 7.43. The van der Waals surface area contributed by atoms with Gasteiger partial charge in [-0.2, -0.15) is 0 Å². The maximum Gasteiger partial charge on any atom is 0.177 e. The van der Waals surface area contributed by atoms with Crippen LogP contribution in [0.25, 0.3) is 11.0 Å². The molecule has 152 valence electrons. The number of benzene rings is 1. The third-order valence-electron chi connectivity index (χ3n) is 4.63. The zero-order valence-electron chi connectivity index (χ0n) is 16.7. The molecule has 1 aliphatic heterocycles. The Hall–Kier alpha value is -3.04. The Morgan fingerprint density at radius 2 is 2.28 bits per heavy atom. The first kappa shape index (κ1) is 19.3. The van der Waals surface area contributed by atoms with Gasteiger partial charge in [0.25, 0.3) is 0 Å². The van der Waals surface area contributed by atoms with E-state index in [2.05, 4.69) is 30.8 Å². The van der Waals surface area contributed by atoms with Gasteiger partial charge >= 0.3 is 0 Å². The van der Waals surface area contributed by atoms with E-state index in [0.717, 1.165) is 16.7 Å². The van der Waals surface area contributed by atoms with Crippen LogP contribution in [0.3, 0.4) is 0 Å². The molecule has 3 aromatic rings. The number of H-pyrrole nitrogens is 1. The van der Waals surface area contributed by atoms with Gasteiger partial charge in [-0.3, -0.25) is 0 Å². The molecule has 2 aromatic heterocycles. The van der Waals surface area contributed by atoms with E-state index in [1.807, 2.05) is 63.3 Å². The molecule has 1 fully saturated rings.